The van der Waals surface area contributed by atoms with E-state index >= 15 is 0 Å². The number of carbonyl (C=O) groups excluding carboxylic acids is 1. The van der Waals surface area contributed by atoms with Crippen LogP contribution in [-0.2, 0) is 11.3 Å². The summed E-state index contributed by atoms with van der Waals surface area (Å²) in [7, 11) is 0. The number of nitrogen functional groups attached to an aromatic ring is 1. The van der Waals surface area contributed by atoms with Crippen molar-refractivity contribution in [2.75, 3.05) is 36.8 Å². The quantitative estimate of drug-likeness (QED) is 0.733. The maximum Gasteiger partial charge on any atom is 0.244 e. The van der Waals surface area contributed by atoms with Gasteiger partial charge in [0.15, 0.2) is 0 Å². The van der Waals surface area contributed by atoms with E-state index in [1.165, 1.54) is 12.1 Å². The second-order valence-electron chi connectivity index (χ2n) is 6.46. The molecule has 4 rings (SSSR count). The van der Waals surface area contributed by atoms with E-state index in [0.29, 0.717) is 18.8 Å². The molecular formula is C19H20FN5O. The molecule has 1 fully saturated rings. The van der Waals surface area contributed by atoms with Crippen molar-refractivity contribution >= 4 is 28.2 Å². The summed E-state index contributed by atoms with van der Waals surface area (Å²) in [5, 5.41) is 5.24. The van der Waals surface area contributed by atoms with Crippen LogP contribution in [0.15, 0.2) is 48.7 Å². The van der Waals surface area contributed by atoms with E-state index in [4.69, 9.17) is 5.73 Å². The molecule has 0 atom stereocenters. The smallest absolute Gasteiger partial charge is 0.244 e. The predicted octanol–water partition coefficient (Wildman–Crippen LogP) is 2.11. The van der Waals surface area contributed by atoms with Gasteiger partial charge in [-0.25, -0.2) is 4.39 Å². The van der Waals surface area contributed by atoms with Gasteiger partial charge in [0.1, 0.15) is 12.4 Å². The maximum atomic E-state index is 13.0. The van der Waals surface area contributed by atoms with Crippen LogP contribution >= 0.6 is 0 Å². The summed E-state index contributed by atoms with van der Waals surface area (Å²) in [6, 6.07) is 12.0. The molecule has 2 N–H and O–H groups in total. The fourth-order valence-corrected chi connectivity index (χ4v) is 3.33. The standard InChI is InChI=1S/C19H20FN5O/c20-15-1-4-17(5-2-15)23-7-9-24(10-8-23)19(26)13-25-18-6-3-16(21)11-14(18)12-22-25/h1-6,11-12H,7-10,13,21H2. The topological polar surface area (TPSA) is 67.4 Å². The molecule has 7 heteroatoms. The number of nitrogens with zero attached hydrogens (tertiary/aromatic N) is 4. The molecule has 0 saturated carbocycles. The molecule has 2 heterocycles. The first-order valence-electron chi connectivity index (χ1n) is 8.59. The number of aromatic nitrogens is 2. The third kappa shape index (κ3) is 3.20. The second-order valence-corrected chi connectivity index (χ2v) is 6.46. The third-order valence-electron chi connectivity index (χ3n) is 4.78. The molecule has 0 aliphatic carbocycles. The third-order valence-corrected chi connectivity index (χ3v) is 4.78. The average molecular weight is 353 g/mol. The average Bonchev–Trinajstić information content (AvgIpc) is 3.04. The first-order valence-corrected chi connectivity index (χ1v) is 8.59. The molecule has 2 aromatic carbocycles. The Kier molecular flexibility index (Phi) is 4.20. The SMILES string of the molecule is Nc1ccc2c(cnn2CC(=O)N2CCN(c3ccc(F)cc3)CC2)c1. The Hall–Kier alpha value is -3.09. The van der Waals surface area contributed by atoms with Gasteiger partial charge in [0.2, 0.25) is 5.91 Å². The van der Waals surface area contributed by atoms with Gasteiger partial charge in [0.05, 0.1) is 11.7 Å². The molecule has 26 heavy (non-hydrogen) atoms. The molecule has 3 aromatic rings. The van der Waals surface area contributed by atoms with Crippen LogP contribution < -0.4 is 10.6 Å². The Morgan fingerprint density at radius 3 is 2.54 bits per heavy atom. The highest BCUT2D eigenvalue weighted by atomic mass is 19.1. The summed E-state index contributed by atoms with van der Waals surface area (Å²) < 4.78 is 14.8. The molecular weight excluding hydrogens is 333 g/mol. The number of amides is 1. The van der Waals surface area contributed by atoms with Crippen molar-refractivity contribution in [3.05, 3.63) is 54.5 Å². The highest BCUT2D eigenvalue weighted by molar-refractivity contribution is 5.84. The number of carbonyl (C=O) groups is 1. The summed E-state index contributed by atoms with van der Waals surface area (Å²) in [6.45, 7) is 2.95. The van der Waals surface area contributed by atoms with Gasteiger partial charge < -0.3 is 15.5 Å². The summed E-state index contributed by atoms with van der Waals surface area (Å²) >= 11 is 0. The van der Waals surface area contributed by atoms with Crippen molar-refractivity contribution in [1.82, 2.24) is 14.7 Å². The van der Waals surface area contributed by atoms with Gasteiger partial charge in [-0.15, -0.1) is 0 Å². The molecule has 1 aromatic heterocycles. The molecule has 1 amide bonds. The minimum atomic E-state index is -0.240. The van der Waals surface area contributed by atoms with Crippen LogP contribution in [0.2, 0.25) is 0 Å². The van der Waals surface area contributed by atoms with Gasteiger partial charge in [-0.3, -0.25) is 9.48 Å². The number of fused-ring (bicyclic) bond motifs is 1. The molecule has 0 spiro atoms. The Bertz CT molecular complexity index is 929. The Balaban J connectivity index is 1.39. The zero-order valence-electron chi connectivity index (χ0n) is 14.3. The van der Waals surface area contributed by atoms with Crippen molar-refractivity contribution in [2.45, 2.75) is 6.54 Å². The minimum absolute atomic E-state index is 0.0468. The Morgan fingerprint density at radius 2 is 1.81 bits per heavy atom. The number of anilines is 2. The zero-order chi connectivity index (χ0) is 18.1. The number of rotatable bonds is 3. The minimum Gasteiger partial charge on any atom is -0.399 e. The first-order chi connectivity index (χ1) is 12.6. The van der Waals surface area contributed by atoms with Crippen molar-refractivity contribution in [3.63, 3.8) is 0 Å². The molecule has 1 aliphatic heterocycles. The van der Waals surface area contributed by atoms with Crippen LogP contribution in [0.4, 0.5) is 15.8 Å². The van der Waals surface area contributed by atoms with Gasteiger partial charge in [-0.1, -0.05) is 0 Å². The van der Waals surface area contributed by atoms with E-state index in [9.17, 15) is 9.18 Å². The van der Waals surface area contributed by atoms with Crippen LogP contribution in [0.3, 0.4) is 0 Å². The number of hydrogen-bond acceptors (Lipinski definition) is 4. The van der Waals surface area contributed by atoms with Crippen LogP contribution in [-0.4, -0.2) is 46.8 Å². The molecule has 6 nitrogen and oxygen atoms in total. The molecule has 0 radical (unpaired) electrons. The van der Waals surface area contributed by atoms with E-state index < -0.39 is 0 Å². The molecule has 0 unspecified atom stereocenters. The van der Waals surface area contributed by atoms with Crippen molar-refractivity contribution < 1.29 is 9.18 Å². The van der Waals surface area contributed by atoms with E-state index in [-0.39, 0.29) is 18.3 Å². The summed E-state index contributed by atoms with van der Waals surface area (Å²) in [5.74, 6) is -0.193. The van der Waals surface area contributed by atoms with Crippen molar-refractivity contribution in [2.24, 2.45) is 0 Å². The van der Waals surface area contributed by atoms with Gasteiger partial charge in [0.25, 0.3) is 0 Å². The Labute approximate surface area is 150 Å². The number of halogens is 1. The number of hydrogen-bond donors (Lipinski definition) is 1. The first kappa shape index (κ1) is 16.4. The van der Waals surface area contributed by atoms with Crippen LogP contribution in [0.5, 0.6) is 0 Å². The fraction of sp³-hybridized carbons (Fsp3) is 0.263. The number of nitrogens with two attached hydrogens (primary N) is 1. The zero-order valence-corrected chi connectivity index (χ0v) is 14.3. The lowest BCUT2D eigenvalue weighted by Crippen LogP contribution is -2.49. The molecule has 134 valence electrons. The van der Waals surface area contributed by atoms with Gasteiger partial charge in [-0.05, 0) is 42.5 Å². The molecule has 1 aliphatic rings. The van der Waals surface area contributed by atoms with E-state index in [1.54, 1.807) is 23.0 Å². The van der Waals surface area contributed by atoms with Gasteiger partial charge in [0, 0.05) is 42.9 Å². The largest absolute Gasteiger partial charge is 0.399 e. The lowest BCUT2D eigenvalue weighted by molar-refractivity contribution is -0.132. The normalized spacial score (nSPS) is 14.8. The summed E-state index contributed by atoms with van der Waals surface area (Å²) in [6.07, 6.45) is 1.73. The Morgan fingerprint density at radius 1 is 1.08 bits per heavy atom. The highest BCUT2D eigenvalue weighted by Crippen LogP contribution is 2.19. The fourth-order valence-electron chi connectivity index (χ4n) is 3.33. The lowest BCUT2D eigenvalue weighted by Gasteiger charge is -2.36. The summed E-state index contributed by atoms with van der Waals surface area (Å²) in [5.41, 5.74) is 8.34. The lowest BCUT2D eigenvalue weighted by atomic mass is 10.2. The number of piperazine rings is 1. The molecule has 1 saturated heterocycles. The van der Waals surface area contributed by atoms with Crippen LogP contribution in [0, 0.1) is 5.82 Å². The monoisotopic (exact) mass is 353 g/mol. The molecule has 0 bridgehead atoms. The van der Waals surface area contributed by atoms with Crippen LogP contribution in [0.25, 0.3) is 10.9 Å². The highest BCUT2D eigenvalue weighted by Gasteiger charge is 2.22. The van der Waals surface area contributed by atoms with Gasteiger partial charge >= 0.3 is 0 Å². The van der Waals surface area contributed by atoms with Gasteiger partial charge in [-0.2, -0.15) is 5.10 Å². The van der Waals surface area contributed by atoms with E-state index in [1.807, 2.05) is 23.1 Å². The van der Waals surface area contributed by atoms with Crippen molar-refractivity contribution in [1.29, 1.82) is 0 Å². The maximum absolute atomic E-state index is 13.0. The summed E-state index contributed by atoms with van der Waals surface area (Å²) in [4.78, 5) is 16.7. The predicted molar refractivity (Wildman–Crippen MR) is 99.3 cm³/mol. The number of benzene rings is 2. The van der Waals surface area contributed by atoms with Crippen molar-refractivity contribution in [3.8, 4) is 0 Å². The van der Waals surface area contributed by atoms with E-state index in [0.717, 1.165) is 29.7 Å². The van der Waals surface area contributed by atoms with Crippen LogP contribution in [0.1, 0.15) is 0 Å². The second kappa shape index (κ2) is 6.67. The van der Waals surface area contributed by atoms with E-state index in [2.05, 4.69) is 10.00 Å².